The third kappa shape index (κ3) is 5.45. The zero-order chi connectivity index (χ0) is 21.8. The standard InChI is InChI=1S/C24H33N3O4/c25-24(30)20-6-9-26(10-7-20)23(29)14-18-1-3-19-5-11-27(15-21(19)13-18)22(28)4-2-17-8-12-31-16-17/h1,3,13,17,20H,2,4-12,14-16H2,(H2,25,30). The Morgan fingerprint density at radius 3 is 2.52 bits per heavy atom. The molecule has 2 N–H and O–H groups in total. The molecule has 0 bridgehead atoms. The highest BCUT2D eigenvalue weighted by molar-refractivity contribution is 5.80. The molecule has 4 rings (SSSR count). The molecule has 0 aliphatic carbocycles. The number of primary amides is 1. The molecule has 3 aliphatic rings. The fraction of sp³-hybridized carbons (Fsp3) is 0.625. The Hall–Kier alpha value is -2.41. The maximum Gasteiger partial charge on any atom is 0.226 e. The summed E-state index contributed by atoms with van der Waals surface area (Å²) in [4.78, 5) is 40.5. The maximum absolute atomic E-state index is 12.7. The molecular formula is C24H33N3O4. The summed E-state index contributed by atoms with van der Waals surface area (Å²) in [5.74, 6) is 0.448. The number of likely N-dealkylation sites (tertiary alicyclic amines) is 1. The molecule has 7 heteroatoms. The molecular weight excluding hydrogens is 394 g/mol. The summed E-state index contributed by atoms with van der Waals surface area (Å²) in [5, 5.41) is 0. The Morgan fingerprint density at radius 1 is 1.00 bits per heavy atom. The van der Waals surface area contributed by atoms with Crippen LogP contribution in [0.15, 0.2) is 18.2 Å². The lowest BCUT2D eigenvalue weighted by Crippen LogP contribution is -2.42. The number of nitrogens with two attached hydrogens (primary N) is 1. The molecule has 3 heterocycles. The number of benzene rings is 1. The van der Waals surface area contributed by atoms with Crippen molar-refractivity contribution in [3.63, 3.8) is 0 Å². The summed E-state index contributed by atoms with van der Waals surface area (Å²) in [6.07, 6.45) is 5.07. The SMILES string of the molecule is NC(=O)C1CCN(C(=O)Cc2ccc3c(c2)CN(C(=O)CCC2CCOC2)CC3)CC1. The van der Waals surface area contributed by atoms with E-state index in [0.717, 1.165) is 50.1 Å². The van der Waals surface area contributed by atoms with Crippen molar-refractivity contribution in [1.82, 2.24) is 9.80 Å². The second-order valence-electron chi connectivity index (χ2n) is 9.17. The van der Waals surface area contributed by atoms with E-state index < -0.39 is 0 Å². The molecule has 2 saturated heterocycles. The molecule has 1 atom stereocenters. The predicted octanol–water partition coefficient (Wildman–Crippen LogP) is 1.65. The van der Waals surface area contributed by atoms with Gasteiger partial charge in [0, 0.05) is 51.7 Å². The first-order valence-corrected chi connectivity index (χ1v) is 11.5. The molecule has 0 radical (unpaired) electrons. The van der Waals surface area contributed by atoms with E-state index in [2.05, 4.69) is 12.1 Å². The number of rotatable bonds is 6. The fourth-order valence-electron chi connectivity index (χ4n) is 4.93. The van der Waals surface area contributed by atoms with Gasteiger partial charge in [0.05, 0.1) is 6.42 Å². The van der Waals surface area contributed by atoms with E-state index in [0.29, 0.717) is 51.2 Å². The molecule has 1 unspecified atom stereocenters. The van der Waals surface area contributed by atoms with Crippen molar-refractivity contribution >= 4 is 17.7 Å². The van der Waals surface area contributed by atoms with Crippen LogP contribution >= 0.6 is 0 Å². The lowest BCUT2D eigenvalue weighted by Gasteiger charge is -2.31. The number of nitrogens with zero attached hydrogens (tertiary/aromatic N) is 2. The molecule has 1 aromatic carbocycles. The molecule has 3 aliphatic heterocycles. The Labute approximate surface area is 183 Å². The van der Waals surface area contributed by atoms with Gasteiger partial charge in [0.2, 0.25) is 17.7 Å². The Kier molecular flexibility index (Phi) is 6.90. The zero-order valence-electron chi connectivity index (χ0n) is 18.2. The summed E-state index contributed by atoms with van der Waals surface area (Å²) in [6, 6.07) is 6.23. The van der Waals surface area contributed by atoms with E-state index in [1.165, 1.54) is 5.56 Å². The van der Waals surface area contributed by atoms with Gasteiger partial charge in [-0.15, -0.1) is 0 Å². The molecule has 31 heavy (non-hydrogen) atoms. The third-order valence-electron chi connectivity index (χ3n) is 7.03. The Bertz CT molecular complexity index is 826. The van der Waals surface area contributed by atoms with Crippen molar-refractivity contribution in [3.05, 3.63) is 34.9 Å². The molecule has 2 fully saturated rings. The van der Waals surface area contributed by atoms with E-state index in [4.69, 9.17) is 10.5 Å². The normalized spacial score (nSPS) is 21.7. The van der Waals surface area contributed by atoms with Crippen LogP contribution < -0.4 is 5.73 Å². The second-order valence-corrected chi connectivity index (χ2v) is 9.17. The first-order valence-electron chi connectivity index (χ1n) is 11.5. The third-order valence-corrected chi connectivity index (χ3v) is 7.03. The molecule has 0 aromatic heterocycles. The van der Waals surface area contributed by atoms with Crippen molar-refractivity contribution in [2.75, 3.05) is 32.8 Å². The van der Waals surface area contributed by atoms with Crippen LogP contribution in [-0.2, 0) is 38.5 Å². The van der Waals surface area contributed by atoms with E-state index >= 15 is 0 Å². The highest BCUT2D eigenvalue weighted by atomic mass is 16.5. The highest BCUT2D eigenvalue weighted by Gasteiger charge is 2.27. The number of fused-ring (bicyclic) bond motifs is 1. The van der Waals surface area contributed by atoms with E-state index in [1.54, 1.807) is 0 Å². The molecule has 1 aromatic rings. The summed E-state index contributed by atoms with van der Waals surface area (Å²) >= 11 is 0. The molecule has 7 nitrogen and oxygen atoms in total. The van der Waals surface area contributed by atoms with Gasteiger partial charge in [-0.2, -0.15) is 0 Å². The Balaban J connectivity index is 1.31. The molecule has 0 spiro atoms. The van der Waals surface area contributed by atoms with E-state index in [1.807, 2.05) is 15.9 Å². The fourth-order valence-corrected chi connectivity index (χ4v) is 4.93. The number of hydrogen-bond donors (Lipinski definition) is 1. The Morgan fingerprint density at radius 2 is 1.81 bits per heavy atom. The number of piperidine rings is 1. The van der Waals surface area contributed by atoms with Gasteiger partial charge >= 0.3 is 0 Å². The van der Waals surface area contributed by atoms with Gasteiger partial charge in [0.25, 0.3) is 0 Å². The van der Waals surface area contributed by atoms with Crippen LogP contribution in [0.2, 0.25) is 0 Å². The average molecular weight is 428 g/mol. The van der Waals surface area contributed by atoms with Gasteiger partial charge in [-0.05, 0) is 54.7 Å². The van der Waals surface area contributed by atoms with Gasteiger partial charge in [0.15, 0.2) is 0 Å². The average Bonchev–Trinajstić information content (AvgIpc) is 3.30. The van der Waals surface area contributed by atoms with Gasteiger partial charge < -0.3 is 20.3 Å². The van der Waals surface area contributed by atoms with Crippen molar-refractivity contribution in [2.45, 2.75) is 51.5 Å². The summed E-state index contributed by atoms with van der Waals surface area (Å²) in [6.45, 7) is 4.17. The topological polar surface area (TPSA) is 92.9 Å². The lowest BCUT2D eigenvalue weighted by molar-refractivity contribution is -0.134. The van der Waals surface area contributed by atoms with Gasteiger partial charge in [-0.25, -0.2) is 0 Å². The molecule has 0 saturated carbocycles. The summed E-state index contributed by atoms with van der Waals surface area (Å²) < 4.78 is 5.41. The van der Waals surface area contributed by atoms with Crippen molar-refractivity contribution in [3.8, 4) is 0 Å². The van der Waals surface area contributed by atoms with Crippen LogP contribution in [0.4, 0.5) is 0 Å². The highest BCUT2D eigenvalue weighted by Crippen LogP contribution is 2.24. The summed E-state index contributed by atoms with van der Waals surface area (Å²) in [7, 11) is 0. The second kappa shape index (κ2) is 9.81. The maximum atomic E-state index is 12.7. The monoisotopic (exact) mass is 427 g/mol. The number of carbonyl (C=O) groups is 3. The number of hydrogen-bond acceptors (Lipinski definition) is 4. The van der Waals surface area contributed by atoms with Gasteiger partial charge in [-0.3, -0.25) is 14.4 Å². The minimum atomic E-state index is -0.266. The van der Waals surface area contributed by atoms with Crippen molar-refractivity contribution in [1.29, 1.82) is 0 Å². The van der Waals surface area contributed by atoms with Crippen LogP contribution in [0.25, 0.3) is 0 Å². The smallest absolute Gasteiger partial charge is 0.226 e. The number of amides is 3. The minimum Gasteiger partial charge on any atom is -0.381 e. The van der Waals surface area contributed by atoms with Gasteiger partial charge in [0.1, 0.15) is 0 Å². The van der Waals surface area contributed by atoms with E-state index in [9.17, 15) is 14.4 Å². The number of carbonyl (C=O) groups excluding carboxylic acids is 3. The van der Waals surface area contributed by atoms with Crippen LogP contribution in [0.3, 0.4) is 0 Å². The predicted molar refractivity (Wildman–Crippen MR) is 116 cm³/mol. The van der Waals surface area contributed by atoms with Crippen molar-refractivity contribution in [2.24, 2.45) is 17.6 Å². The summed E-state index contributed by atoms with van der Waals surface area (Å²) in [5.41, 5.74) is 8.79. The zero-order valence-corrected chi connectivity index (χ0v) is 18.2. The first kappa shape index (κ1) is 21.8. The van der Waals surface area contributed by atoms with Crippen LogP contribution in [0.1, 0.15) is 48.8 Å². The molecule has 168 valence electrons. The molecule has 3 amide bonds. The van der Waals surface area contributed by atoms with Crippen LogP contribution in [-0.4, -0.2) is 60.4 Å². The van der Waals surface area contributed by atoms with Crippen molar-refractivity contribution < 1.29 is 19.1 Å². The van der Waals surface area contributed by atoms with Crippen LogP contribution in [0, 0.1) is 11.8 Å². The number of ether oxygens (including phenoxy) is 1. The van der Waals surface area contributed by atoms with E-state index in [-0.39, 0.29) is 23.6 Å². The lowest BCUT2D eigenvalue weighted by atomic mass is 9.94. The quantitative estimate of drug-likeness (QED) is 0.747. The first-order chi connectivity index (χ1) is 15.0. The minimum absolute atomic E-state index is 0.0883. The van der Waals surface area contributed by atoms with Gasteiger partial charge in [-0.1, -0.05) is 18.2 Å². The largest absolute Gasteiger partial charge is 0.381 e. The van der Waals surface area contributed by atoms with Crippen LogP contribution in [0.5, 0.6) is 0 Å².